The van der Waals surface area contributed by atoms with Gasteiger partial charge in [-0.15, -0.1) is 0 Å². The molecule has 0 amide bonds. The van der Waals surface area contributed by atoms with Crippen molar-refractivity contribution in [3.63, 3.8) is 0 Å². The number of aromatic nitrogens is 3. The normalized spacial score (nSPS) is 11.2. The van der Waals surface area contributed by atoms with E-state index in [4.69, 9.17) is 5.73 Å². The van der Waals surface area contributed by atoms with Gasteiger partial charge in [0, 0.05) is 12.2 Å². The van der Waals surface area contributed by atoms with Crippen molar-refractivity contribution < 1.29 is 0 Å². The largest absolute Gasteiger partial charge is 0.383 e. The lowest BCUT2D eigenvalue weighted by molar-refractivity contribution is 0.783. The molecule has 2 heterocycles. The summed E-state index contributed by atoms with van der Waals surface area (Å²) in [6.07, 6.45) is 0. The van der Waals surface area contributed by atoms with Crippen molar-refractivity contribution in [3.8, 4) is 0 Å². The molecular weight excluding hydrogens is 260 g/mol. The van der Waals surface area contributed by atoms with Gasteiger partial charge in [-0.3, -0.25) is 0 Å². The highest BCUT2D eigenvalue weighted by Gasteiger charge is 2.16. The van der Waals surface area contributed by atoms with Crippen LogP contribution >= 0.6 is 0 Å². The molecule has 0 bridgehead atoms. The molecule has 0 unspecified atom stereocenters. The monoisotopic (exact) mass is 280 g/mol. The van der Waals surface area contributed by atoms with Crippen LogP contribution in [0.1, 0.15) is 28.2 Å². The Morgan fingerprint density at radius 3 is 2.48 bits per heavy atom. The van der Waals surface area contributed by atoms with Crippen LogP contribution in [0.15, 0.2) is 24.3 Å². The van der Waals surface area contributed by atoms with E-state index in [1.807, 2.05) is 6.92 Å². The minimum Gasteiger partial charge on any atom is -0.383 e. The van der Waals surface area contributed by atoms with Crippen molar-refractivity contribution in [3.05, 3.63) is 52.5 Å². The Morgan fingerprint density at radius 1 is 1.05 bits per heavy atom. The zero-order valence-corrected chi connectivity index (χ0v) is 12.9. The number of fused-ring (bicyclic) bond motifs is 1. The minimum atomic E-state index is 0.571. The van der Waals surface area contributed by atoms with Crippen molar-refractivity contribution >= 4 is 16.9 Å². The summed E-state index contributed by atoms with van der Waals surface area (Å²) in [7, 11) is 0. The van der Waals surface area contributed by atoms with Crippen LogP contribution in [0.2, 0.25) is 0 Å². The van der Waals surface area contributed by atoms with E-state index in [2.05, 4.69) is 59.6 Å². The zero-order valence-electron chi connectivity index (χ0n) is 12.9. The first-order valence-corrected chi connectivity index (χ1v) is 7.13. The predicted molar refractivity (Wildman–Crippen MR) is 86.4 cm³/mol. The van der Waals surface area contributed by atoms with Crippen LogP contribution in [0.5, 0.6) is 0 Å². The second-order valence-electron chi connectivity index (χ2n) is 5.58. The summed E-state index contributed by atoms with van der Waals surface area (Å²) in [5.41, 5.74) is 12.0. The van der Waals surface area contributed by atoms with E-state index < -0.39 is 0 Å². The molecule has 0 atom stereocenters. The van der Waals surface area contributed by atoms with Crippen LogP contribution < -0.4 is 5.73 Å². The average Bonchev–Trinajstić information content (AvgIpc) is 2.66. The molecule has 0 aliphatic heterocycles. The van der Waals surface area contributed by atoms with Crippen LogP contribution in [0.3, 0.4) is 0 Å². The van der Waals surface area contributed by atoms with Crippen molar-refractivity contribution in [1.82, 2.24) is 14.5 Å². The topological polar surface area (TPSA) is 56.7 Å². The number of nitrogen functional groups attached to an aromatic ring is 1. The minimum absolute atomic E-state index is 0.571. The Morgan fingerprint density at radius 2 is 1.76 bits per heavy atom. The van der Waals surface area contributed by atoms with E-state index in [9.17, 15) is 0 Å². The van der Waals surface area contributed by atoms with Gasteiger partial charge in [0.05, 0.1) is 5.39 Å². The molecule has 1 aromatic carbocycles. The highest BCUT2D eigenvalue weighted by molar-refractivity contribution is 5.91. The molecule has 4 nitrogen and oxygen atoms in total. The van der Waals surface area contributed by atoms with E-state index in [1.165, 1.54) is 16.8 Å². The average molecular weight is 280 g/mol. The summed E-state index contributed by atoms with van der Waals surface area (Å²) in [6.45, 7) is 9.02. The van der Waals surface area contributed by atoms with Gasteiger partial charge < -0.3 is 10.3 Å². The second kappa shape index (κ2) is 4.88. The van der Waals surface area contributed by atoms with Crippen molar-refractivity contribution in [1.29, 1.82) is 0 Å². The molecule has 0 saturated heterocycles. The number of anilines is 1. The van der Waals surface area contributed by atoms with Gasteiger partial charge >= 0.3 is 0 Å². The number of nitrogens with two attached hydrogens (primary N) is 1. The molecule has 2 aromatic heterocycles. The summed E-state index contributed by atoms with van der Waals surface area (Å²) in [4.78, 5) is 8.91. The van der Waals surface area contributed by atoms with Crippen molar-refractivity contribution in [2.45, 2.75) is 34.2 Å². The van der Waals surface area contributed by atoms with Gasteiger partial charge in [-0.05, 0) is 44.4 Å². The number of hydrogen-bond donors (Lipinski definition) is 1. The van der Waals surface area contributed by atoms with E-state index in [0.29, 0.717) is 11.6 Å². The standard InChI is InChI=1S/C17H20N4/c1-10-7-5-6-8-14(10)9-21-12(3)11(2)15-16(18)19-13(4)20-17(15)21/h5-8H,9H2,1-4H3,(H2,18,19,20). The molecule has 0 saturated carbocycles. The second-order valence-corrected chi connectivity index (χ2v) is 5.58. The third kappa shape index (κ3) is 2.17. The van der Waals surface area contributed by atoms with Gasteiger partial charge in [0.2, 0.25) is 0 Å². The lowest BCUT2D eigenvalue weighted by atomic mass is 10.1. The lowest BCUT2D eigenvalue weighted by Gasteiger charge is -2.10. The highest BCUT2D eigenvalue weighted by Crippen LogP contribution is 2.28. The number of rotatable bonds is 2. The first-order valence-electron chi connectivity index (χ1n) is 7.13. The maximum absolute atomic E-state index is 6.10. The molecule has 2 N–H and O–H groups in total. The number of benzene rings is 1. The first-order chi connectivity index (χ1) is 9.99. The molecular formula is C17H20N4. The summed E-state index contributed by atoms with van der Waals surface area (Å²) in [5.74, 6) is 1.28. The third-order valence-electron chi connectivity index (χ3n) is 4.20. The van der Waals surface area contributed by atoms with Crippen LogP contribution in [0, 0.1) is 27.7 Å². The maximum atomic E-state index is 6.10. The zero-order chi connectivity index (χ0) is 15.1. The third-order valence-corrected chi connectivity index (χ3v) is 4.20. The number of aryl methyl sites for hydroxylation is 3. The lowest BCUT2D eigenvalue weighted by Crippen LogP contribution is -2.05. The quantitative estimate of drug-likeness (QED) is 0.783. The molecule has 0 spiro atoms. The smallest absolute Gasteiger partial charge is 0.146 e. The van der Waals surface area contributed by atoms with Gasteiger partial charge in [-0.1, -0.05) is 24.3 Å². The molecule has 3 rings (SSSR count). The van der Waals surface area contributed by atoms with Crippen LogP contribution in [-0.4, -0.2) is 14.5 Å². The SMILES string of the molecule is Cc1nc(N)c2c(C)c(C)n(Cc3ccccc3C)c2n1. The fourth-order valence-electron chi connectivity index (χ4n) is 2.83. The van der Waals surface area contributed by atoms with E-state index in [-0.39, 0.29) is 0 Å². The van der Waals surface area contributed by atoms with Crippen molar-refractivity contribution in [2.24, 2.45) is 0 Å². The predicted octanol–water partition coefficient (Wildman–Crippen LogP) is 3.30. The van der Waals surface area contributed by atoms with Crippen LogP contribution in [0.4, 0.5) is 5.82 Å². The Hall–Kier alpha value is -2.36. The van der Waals surface area contributed by atoms with Crippen molar-refractivity contribution in [2.75, 3.05) is 5.73 Å². The van der Waals surface area contributed by atoms with Gasteiger partial charge in [0.1, 0.15) is 17.3 Å². The Kier molecular flexibility index (Phi) is 3.16. The fourth-order valence-corrected chi connectivity index (χ4v) is 2.83. The number of nitrogens with zero attached hydrogens (tertiary/aromatic N) is 3. The summed E-state index contributed by atoms with van der Waals surface area (Å²) >= 11 is 0. The van der Waals surface area contributed by atoms with Gasteiger partial charge in [-0.2, -0.15) is 0 Å². The summed E-state index contributed by atoms with van der Waals surface area (Å²) in [6, 6.07) is 8.44. The van der Waals surface area contributed by atoms with E-state index in [0.717, 1.165) is 23.1 Å². The van der Waals surface area contributed by atoms with Crippen LogP contribution in [0.25, 0.3) is 11.0 Å². The molecule has 21 heavy (non-hydrogen) atoms. The molecule has 108 valence electrons. The summed E-state index contributed by atoms with van der Waals surface area (Å²) in [5, 5.41) is 0.978. The molecule has 0 fully saturated rings. The highest BCUT2D eigenvalue weighted by atomic mass is 15.1. The Balaban J connectivity index is 2.23. The maximum Gasteiger partial charge on any atom is 0.146 e. The van der Waals surface area contributed by atoms with Gasteiger partial charge in [0.25, 0.3) is 0 Å². The first kappa shape index (κ1) is 13.6. The molecule has 0 aliphatic carbocycles. The molecule has 3 aromatic rings. The number of hydrogen-bond acceptors (Lipinski definition) is 3. The van der Waals surface area contributed by atoms with E-state index >= 15 is 0 Å². The van der Waals surface area contributed by atoms with Crippen LogP contribution in [-0.2, 0) is 6.54 Å². The molecule has 0 aliphatic rings. The van der Waals surface area contributed by atoms with Gasteiger partial charge in [0.15, 0.2) is 0 Å². The van der Waals surface area contributed by atoms with E-state index in [1.54, 1.807) is 0 Å². The molecule has 4 heteroatoms. The summed E-state index contributed by atoms with van der Waals surface area (Å²) < 4.78 is 2.23. The fraction of sp³-hybridized carbons (Fsp3) is 0.294. The molecule has 0 radical (unpaired) electrons. The Bertz CT molecular complexity index is 830. The Labute approximate surface area is 124 Å². The van der Waals surface area contributed by atoms with Gasteiger partial charge in [-0.25, -0.2) is 9.97 Å².